The molecule has 28 heavy (non-hydrogen) atoms. The van der Waals surface area contributed by atoms with E-state index in [1.807, 2.05) is 0 Å². The van der Waals surface area contributed by atoms with E-state index in [0.29, 0.717) is 5.56 Å². The Labute approximate surface area is 163 Å². The quantitative estimate of drug-likeness (QED) is 0.307. The van der Waals surface area contributed by atoms with Gasteiger partial charge in [0.25, 0.3) is 5.91 Å². The third-order valence-electron chi connectivity index (χ3n) is 4.55. The van der Waals surface area contributed by atoms with Gasteiger partial charge >= 0.3 is 0 Å². The highest BCUT2D eigenvalue weighted by molar-refractivity contribution is 5.95. The summed E-state index contributed by atoms with van der Waals surface area (Å²) in [5.41, 5.74) is -0.105. The lowest BCUT2D eigenvalue weighted by Gasteiger charge is -2.34. The zero-order valence-corrected chi connectivity index (χ0v) is 16.5. The molecule has 9 heteroatoms. The average Bonchev–Trinajstić information content (AvgIpc) is 2.66. The van der Waals surface area contributed by atoms with Crippen molar-refractivity contribution in [2.24, 2.45) is 11.8 Å². The van der Waals surface area contributed by atoms with E-state index >= 15 is 0 Å². The van der Waals surface area contributed by atoms with Gasteiger partial charge in [-0.3, -0.25) is 19.6 Å². The second kappa shape index (κ2) is 10.1. The SMILES string of the molecule is CNC(=O)C(Cc1ccc(F)cc1)NC(=O)C(O)(CC(C)C)C(C)C(=O)NO. The second-order valence-corrected chi connectivity index (χ2v) is 7.19. The van der Waals surface area contributed by atoms with Gasteiger partial charge in [-0.25, -0.2) is 9.87 Å². The standard InChI is InChI=1S/C19H28FN3O5/c1-11(2)10-19(27,12(3)16(24)23-28)18(26)22-15(17(25)21-4)9-13-5-7-14(20)8-6-13/h5-8,11-12,15,27-28H,9-10H2,1-4H3,(H,21,25)(H,22,26)(H,23,24). The number of hydrogen-bond acceptors (Lipinski definition) is 5. The van der Waals surface area contributed by atoms with Gasteiger partial charge < -0.3 is 15.7 Å². The van der Waals surface area contributed by atoms with Crippen LogP contribution in [0.15, 0.2) is 24.3 Å². The number of halogens is 1. The molecule has 156 valence electrons. The van der Waals surface area contributed by atoms with Gasteiger partial charge in [-0.15, -0.1) is 0 Å². The molecule has 0 heterocycles. The highest BCUT2D eigenvalue weighted by atomic mass is 19.1. The summed E-state index contributed by atoms with van der Waals surface area (Å²) in [4.78, 5) is 36.9. The molecule has 0 bridgehead atoms. The van der Waals surface area contributed by atoms with Gasteiger partial charge in [0.1, 0.15) is 11.9 Å². The van der Waals surface area contributed by atoms with Crippen LogP contribution in [0.25, 0.3) is 0 Å². The Morgan fingerprint density at radius 1 is 1.11 bits per heavy atom. The van der Waals surface area contributed by atoms with Gasteiger partial charge in [-0.2, -0.15) is 0 Å². The molecule has 0 aliphatic heterocycles. The number of carbonyl (C=O) groups excluding carboxylic acids is 3. The van der Waals surface area contributed by atoms with Crippen molar-refractivity contribution in [3.63, 3.8) is 0 Å². The Hall–Kier alpha value is -2.52. The number of carbonyl (C=O) groups is 3. The topological polar surface area (TPSA) is 128 Å². The van der Waals surface area contributed by atoms with Crippen molar-refractivity contribution >= 4 is 17.7 Å². The van der Waals surface area contributed by atoms with Gasteiger partial charge in [0.15, 0.2) is 5.60 Å². The van der Waals surface area contributed by atoms with Gasteiger partial charge in [-0.1, -0.05) is 32.9 Å². The molecule has 0 aliphatic carbocycles. The fourth-order valence-corrected chi connectivity index (χ4v) is 2.93. The lowest BCUT2D eigenvalue weighted by molar-refractivity contribution is -0.159. The molecule has 8 nitrogen and oxygen atoms in total. The van der Waals surface area contributed by atoms with Crippen molar-refractivity contribution in [1.29, 1.82) is 0 Å². The molecule has 0 radical (unpaired) electrons. The fourth-order valence-electron chi connectivity index (χ4n) is 2.93. The number of hydrogen-bond donors (Lipinski definition) is 5. The Kier molecular flexibility index (Phi) is 8.52. The number of aliphatic hydroxyl groups is 1. The minimum atomic E-state index is -2.14. The van der Waals surface area contributed by atoms with Crippen LogP contribution in [-0.4, -0.2) is 46.7 Å². The minimum Gasteiger partial charge on any atom is -0.379 e. The molecule has 0 fully saturated rings. The molecule has 3 unspecified atom stereocenters. The molecule has 0 aliphatic rings. The molecular formula is C19H28FN3O5. The first-order chi connectivity index (χ1) is 13.0. The number of hydroxylamine groups is 1. The largest absolute Gasteiger partial charge is 0.379 e. The molecule has 1 rings (SSSR count). The molecular weight excluding hydrogens is 369 g/mol. The van der Waals surface area contributed by atoms with Crippen LogP contribution in [0, 0.1) is 17.7 Å². The van der Waals surface area contributed by atoms with Crippen LogP contribution in [0.3, 0.4) is 0 Å². The Morgan fingerprint density at radius 2 is 1.68 bits per heavy atom. The fraction of sp³-hybridized carbons (Fsp3) is 0.526. The normalized spacial score (nSPS) is 15.3. The third kappa shape index (κ3) is 6.00. The highest BCUT2D eigenvalue weighted by Gasteiger charge is 2.46. The summed E-state index contributed by atoms with van der Waals surface area (Å²) in [6, 6.07) is 4.40. The number of rotatable bonds is 9. The maximum absolute atomic E-state index is 13.1. The molecule has 0 saturated carbocycles. The first-order valence-corrected chi connectivity index (χ1v) is 8.98. The molecule has 3 atom stereocenters. The number of amides is 3. The zero-order valence-electron chi connectivity index (χ0n) is 16.5. The highest BCUT2D eigenvalue weighted by Crippen LogP contribution is 2.27. The molecule has 0 aromatic heterocycles. The van der Waals surface area contributed by atoms with Gasteiger partial charge in [0.05, 0.1) is 5.92 Å². The average molecular weight is 397 g/mol. The van der Waals surface area contributed by atoms with E-state index in [-0.39, 0.29) is 18.8 Å². The monoisotopic (exact) mass is 397 g/mol. The van der Waals surface area contributed by atoms with Crippen molar-refractivity contribution in [2.45, 2.75) is 45.3 Å². The minimum absolute atomic E-state index is 0.0596. The van der Waals surface area contributed by atoms with Crippen molar-refractivity contribution in [3.8, 4) is 0 Å². The van der Waals surface area contributed by atoms with Crippen LogP contribution in [0.1, 0.15) is 32.8 Å². The maximum Gasteiger partial charge on any atom is 0.253 e. The summed E-state index contributed by atoms with van der Waals surface area (Å²) in [7, 11) is 1.40. The first-order valence-electron chi connectivity index (χ1n) is 8.98. The first kappa shape index (κ1) is 23.5. The Balaban J connectivity index is 3.11. The van der Waals surface area contributed by atoms with E-state index in [9.17, 15) is 23.9 Å². The van der Waals surface area contributed by atoms with Crippen molar-refractivity contribution < 1.29 is 29.1 Å². The number of likely N-dealkylation sites (N-methyl/N-ethyl adjacent to an activating group) is 1. The van der Waals surface area contributed by atoms with Crippen molar-refractivity contribution in [3.05, 3.63) is 35.6 Å². The van der Waals surface area contributed by atoms with Crippen LogP contribution >= 0.6 is 0 Å². The smallest absolute Gasteiger partial charge is 0.253 e. The molecule has 5 N–H and O–H groups in total. The molecule has 1 aromatic carbocycles. The van der Waals surface area contributed by atoms with E-state index in [4.69, 9.17) is 5.21 Å². The van der Waals surface area contributed by atoms with E-state index in [1.165, 1.54) is 43.7 Å². The van der Waals surface area contributed by atoms with Gasteiger partial charge in [-0.05, 0) is 30.0 Å². The lowest BCUT2D eigenvalue weighted by Crippen LogP contribution is -2.60. The summed E-state index contributed by atoms with van der Waals surface area (Å²) in [6.45, 7) is 4.83. The van der Waals surface area contributed by atoms with Crippen LogP contribution in [-0.2, 0) is 20.8 Å². The zero-order chi connectivity index (χ0) is 21.5. The van der Waals surface area contributed by atoms with Gasteiger partial charge in [0, 0.05) is 13.5 Å². The molecule has 3 amide bonds. The Morgan fingerprint density at radius 3 is 2.14 bits per heavy atom. The van der Waals surface area contributed by atoms with Crippen LogP contribution in [0.2, 0.25) is 0 Å². The molecule has 0 spiro atoms. The summed E-state index contributed by atoms with van der Waals surface area (Å²) >= 11 is 0. The van der Waals surface area contributed by atoms with Gasteiger partial charge in [0.2, 0.25) is 11.8 Å². The van der Waals surface area contributed by atoms with E-state index < -0.39 is 41.1 Å². The third-order valence-corrected chi connectivity index (χ3v) is 4.55. The predicted octanol–water partition coefficient (Wildman–Crippen LogP) is 0.518. The van der Waals surface area contributed by atoms with Crippen LogP contribution in [0.4, 0.5) is 4.39 Å². The molecule has 1 aromatic rings. The summed E-state index contributed by atoms with van der Waals surface area (Å²) < 4.78 is 13.1. The van der Waals surface area contributed by atoms with E-state index in [1.54, 1.807) is 13.8 Å². The molecule has 0 saturated heterocycles. The van der Waals surface area contributed by atoms with Crippen LogP contribution < -0.4 is 16.1 Å². The van der Waals surface area contributed by atoms with E-state index in [2.05, 4.69) is 10.6 Å². The summed E-state index contributed by atoms with van der Waals surface area (Å²) in [6.07, 6.45) is -0.00549. The number of nitrogens with one attached hydrogen (secondary N) is 3. The van der Waals surface area contributed by atoms with Crippen molar-refractivity contribution in [2.75, 3.05) is 7.05 Å². The van der Waals surface area contributed by atoms with Crippen molar-refractivity contribution in [1.82, 2.24) is 16.1 Å². The summed E-state index contributed by atoms with van der Waals surface area (Å²) in [5, 5.41) is 24.7. The second-order valence-electron chi connectivity index (χ2n) is 7.19. The number of benzene rings is 1. The lowest BCUT2D eigenvalue weighted by atomic mass is 9.80. The summed E-state index contributed by atoms with van der Waals surface area (Å²) in [5.74, 6) is -4.19. The Bertz CT molecular complexity index is 695. The maximum atomic E-state index is 13.1. The van der Waals surface area contributed by atoms with Crippen LogP contribution in [0.5, 0.6) is 0 Å². The predicted molar refractivity (Wildman–Crippen MR) is 99.6 cm³/mol. The van der Waals surface area contributed by atoms with E-state index in [0.717, 1.165) is 0 Å².